The van der Waals surface area contributed by atoms with E-state index < -0.39 is 0 Å². The van der Waals surface area contributed by atoms with Gasteiger partial charge in [-0.3, -0.25) is 4.79 Å². The van der Waals surface area contributed by atoms with E-state index in [2.05, 4.69) is 20.6 Å². The lowest BCUT2D eigenvalue weighted by Crippen LogP contribution is -2.14. The second-order valence-corrected chi connectivity index (χ2v) is 5.69. The van der Waals surface area contributed by atoms with E-state index in [-0.39, 0.29) is 11.6 Å². The summed E-state index contributed by atoms with van der Waals surface area (Å²) >= 11 is 0. The first-order valence-electron chi connectivity index (χ1n) is 8.34. The number of hydrogen-bond acceptors (Lipinski definition) is 5. The van der Waals surface area contributed by atoms with Gasteiger partial charge in [0, 0.05) is 17.4 Å². The van der Waals surface area contributed by atoms with Gasteiger partial charge in [0.2, 0.25) is 0 Å². The maximum Gasteiger partial charge on any atom is 0.274 e. The number of carbonyl (C=O) groups excluding carboxylic acids is 1. The highest BCUT2D eigenvalue weighted by molar-refractivity contribution is 6.03. The molecule has 0 spiro atoms. The fraction of sp³-hybridized carbons (Fsp3) is 0.150. The van der Waals surface area contributed by atoms with E-state index >= 15 is 0 Å². The van der Waals surface area contributed by atoms with E-state index in [0.717, 1.165) is 22.7 Å². The summed E-state index contributed by atoms with van der Waals surface area (Å²) in [5.74, 6) is 1.06. The van der Waals surface area contributed by atoms with Gasteiger partial charge in [0.1, 0.15) is 23.6 Å². The van der Waals surface area contributed by atoms with Crippen molar-refractivity contribution in [2.75, 3.05) is 17.2 Å². The lowest BCUT2D eigenvalue weighted by Gasteiger charge is -2.09. The number of nitrogens with one attached hydrogen (secondary N) is 2. The number of carbonyl (C=O) groups is 1. The predicted octanol–water partition coefficient (Wildman–Crippen LogP) is 4.18. The molecule has 0 saturated carbocycles. The van der Waals surface area contributed by atoms with Gasteiger partial charge in [-0.05, 0) is 55.8 Å². The van der Waals surface area contributed by atoms with Crippen LogP contribution in [-0.2, 0) is 0 Å². The maximum absolute atomic E-state index is 12.4. The van der Waals surface area contributed by atoms with Crippen molar-refractivity contribution in [3.63, 3.8) is 0 Å². The SMILES string of the molecule is CCOc1ccc(Nc2cc(C(=O)Nc3cccc(C)c3)ncn2)cc1. The molecule has 3 aromatic rings. The number of rotatable bonds is 6. The number of aromatic nitrogens is 2. The molecule has 0 aliphatic rings. The molecular weight excluding hydrogens is 328 g/mol. The number of benzene rings is 2. The summed E-state index contributed by atoms with van der Waals surface area (Å²) in [4.78, 5) is 20.6. The highest BCUT2D eigenvalue weighted by atomic mass is 16.5. The molecular formula is C20H20N4O2. The van der Waals surface area contributed by atoms with Crippen molar-refractivity contribution in [2.45, 2.75) is 13.8 Å². The molecule has 0 aliphatic heterocycles. The van der Waals surface area contributed by atoms with Gasteiger partial charge >= 0.3 is 0 Å². The van der Waals surface area contributed by atoms with Gasteiger partial charge in [0.05, 0.1) is 6.61 Å². The summed E-state index contributed by atoms with van der Waals surface area (Å²) in [6, 6.07) is 16.7. The normalized spacial score (nSPS) is 10.2. The molecule has 0 unspecified atom stereocenters. The van der Waals surface area contributed by atoms with Crippen molar-refractivity contribution in [1.82, 2.24) is 9.97 Å². The Labute approximate surface area is 152 Å². The highest BCUT2D eigenvalue weighted by Crippen LogP contribution is 2.19. The molecule has 0 saturated heterocycles. The van der Waals surface area contributed by atoms with Gasteiger partial charge in [-0.2, -0.15) is 0 Å². The molecule has 6 heteroatoms. The quantitative estimate of drug-likeness (QED) is 0.699. The van der Waals surface area contributed by atoms with Crippen molar-refractivity contribution in [1.29, 1.82) is 0 Å². The zero-order valence-electron chi connectivity index (χ0n) is 14.7. The van der Waals surface area contributed by atoms with Crippen LogP contribution >= 0.6 is 0 Å². The predicted molar refractivity (Wildman–Crippen MR) is 102 cm³/mol. The lowest BCUT2D eigenvalue weighted by molar-refractivity contribution is 0.102. The van der Waals surface area contributed by atoms with Crippen molar-refractivity contribution in [3.8, 4) is 5.75 Å². The van der Waals surface area contributed by atoms with Crippen LogP contribution in [-0.4, -0.2) is 22.5 Å². The standard InChI is InChI=1S/C20H20N4O2/c1-3-26-17-9-7-15(8-10-17)23-19-12-18(21-13-22-19)20(25)24-16-6-4-5-14(2)11-16/h4-13H,3H2,1-2H3,(H,24,25)(H,21,22,23). The van der Waals surface area contributed by atoms with E-state index in [4.69, 9.17) is 4.74 Å². The van der Waals surface area contributed by atoms with Crippen LogP contribution in [0.3, 0.4) is 0 Å². The van der Waals surface area contributed by atoms with E-state index in [0.29, 0.717) is 12.4 Å². The minimum absolute atomic E-state index is 0.284. The summed E-state index contributed by atoms with van der Waals surface area (Å²) in [5, 5.41) is 5.99. The third kappa shape index (κ3) is 4.57. The maximum atomic E-state index is 12.4. The van der Waals surface area contributed by atoms with Crippen LogP contribution in [0.2, 0.25) is 0 Å². The van der Waals surface area contributed by atoms with Gasteiger partial charge in [-0.1, -0.05) is 12.1 Å². The molecule has 1 amide bonds. The van der Waals surface area contributed by atoms with E-state index in [1.165, 1.54) is 6.33 Å². The fourth-order valence-electron chi connectivity index (χ4n) is 2.42. The van der Waals surface area contributed by atoms with Crippen LogP contribution in [0.25, 0.3) is 0 Å². The molecule has 2 N–H and O–H groups in total. The summed E-state index contributed by atoms with van der Waals surface area (Å²) in [5.41, 5.74) is 2.94. The number of aryl methyl sites for hydroxylation is 1. The van der Waals surface area contributed by atoms with E-state index in [9.17, 15) is 4.79 Å². The third-order valence-electron chi connectivity index (χ3n) is 3.61. The van der Waals surface area contributed by atoms with Crippen LogP contribution in [0.1, 0.15) is 23.0 Å². The molecule has 26 heavy (non-hydrogen) atoms. The minimum atomic E-state index is -0.284. The Hall–Kier alpha value is -3.41. The molecule has 2 aromatic carbocycles. The summed E-state index contributed by atoms with van der Waals surface area (Å²) in [6.07, 6.45) is 1.36. The van der Waals surface area contributed by atoms with Gasteiger partial charge in [0.25, 0.3) is 5.91 Å². The molecule has 0 radical (unpaired) electrons. The zero-order valence-corrected chi connectivity index (χ0v) is 14.7. The number of ether oxygens (including phenoxy) is 1. The van der Waals surface area contributed by atoms with Crippen LogP contribution in [0, 0.1) is 6.92 Å². The third-order valence-corrected chi connectivity index (χ3v) is 3.61. The zero-order chi connectivity index (χ0) is 18.4. The molecule has 1 aromatic heterocycles. The topological polar surface area (TPSA) is 76.1 Å². The second kappa shape index (κ2) is 8.11. The van der Waals surface area contributed by atoms with E-state index in [1.807, 2.05) is 62.4 Å². The average molecular weight is 348 g/mol. The number of anilines is 3. The van der Waals surface area contributed by atoms with Crippen molar-refractivity contribution < 1.29 is 9.53 Å². The van der Waals surface area contributed by atoms with Gasteiger partial charge < -0.3 is 15.4 Å². The Morgan fingerprint density at radius 3 is 2.58 bits per heavy atom. The highest BCUT2D eigenvalue weighted by Gasteiger charge is 2.09. The fourth-order valence-corrected chi connectivity index (χ4v) is 2.42. The molecule has 3 rings (SSSR count). The summed E-state index contributed by atoms with van der Waals surface area (Å²) < 4.78 is 5.42. The molecule has 1 heterocycles. The Morgan fingerprint density at radius 2 is 1.85 bits per heavy atom. The van der Waals surface area contributed by atoms with Crippen LogP contribution in [0.5, 0.6) is 5.75 Å². The van der Waals surface area contributed by atoms with E-state index in [1.54, 1.807) is 6.07 Å². The molecule has 0 bridgehead atoms. The summed E-state index contributed by atoms with van der Waals surface area (Å²) in [6.45, 7) is 4.54. The molecule has 0 aliphatic carbocycles. The van der Waals surface area contributed by atoms with Gasteiger partial charge in [-0.15, -0.1) is 0 Å². The summed E-state index contributed by atoms with van der Waals surface area (Å²) in [7, 11) is 0. The van der Waals surface area contributed by atoms with Crippen molar-refractivity contribution in [2.24, 2.45) is 0 Å². The minimum Gasteiger partial charge on any atom is -0.494 e. The van der Waals surface area contributed by atoms with Crippen molar-refractivity contribution in [3.05, 3.63) is 72.2 Å². The number of amides is 1. The van der Waals surface area contributed by atoms with Crippen LogP contribution in [0.4, 0.5) is 17.2 Å². The smallest absolute Gasteiger partial charge is 0.274 e. The van der Waals surface area contributed by atoms with Crippen LogP contribution in [0.15, 0.2) is 60.9 Å². The Kier molecular flexibility index (Phi) is 5.43. The largest absolute Gasteiger partial charge is 0.494 e. The number of hydrogen-bond donors (Lipinski definition) is 2. The molecule has 0 atom stereocenters. The Balaban J connectivity index is 1.70. The first-order chi connectivity index (χ1) is 12.6. The van der Waals surface area contributed by atoms with Crippen molar-refractivity contribution >= 4 is 23.1 Å². The monoisotopic (exact) mass is 348 g/mol. The second-order valence-electron chi connectivity index (χ2n) is 5.69. The Bertz CT molecular complexity index is 894. The number of nitrogens with zero attached hydrogens (tertiary/aromatic N) is 2. The Morgan fingerprint density at radius 1 is 1.04 bits per heavy atom. The molecule has 6 nitrogen and oxygen atoms in total. The molecule has 132 valence electrons. The van der Waals surface area contributed by atoms with Gasteiger partial charge in [-0.25, -0.2) is 9.97 Å². The first kappa shape index (κ1) is 17.4. The van der Waals surface area contributed by atoms with Gasteiger partial charge in [0.15, 0.2) is 0 Å². The van der Waals surface area contributed by atoms with Crippen LogP contribution < -0.4 is 15.4 Å². The first-order valence-corrected chi connectivity index (χ1v) is 8.34. The average Bonchev–Trinajstić information content (AvgIpc) is 2.64. The molecule has 0 fully saturated rings. The lowest BCUT2D eigenvalue weighted by atomic mass is 10.2.